The van der Waals surface area contributed by atoms with Crippen LogP contribution in [0.25, 0.3) is 0 Å². The summed E-state index contributed by atoms with van der Waals surface area (Å²) in [6, 6.07) is 7.22. The zero-order valence-electron chi connectivity index (χ0n) is 11.6. The fraction of sp³-hybridized carbons (Fsp3) is 0.467. The quantitative estimate of drug-likeness (QED) is 0.607. The smallest absolute Gasteiger partial charge is 0.319 e. The van der Waals surface area contributed by atoms with E-state index in [4.69, 9.17) is 9.47 Å². The summed E-state index contributed by atoms with van der Waals surface area (Å²) in [5, 5.41) is 0. The first-order valence-electron chi connectivity index (χ1n) is 6.27. The van der Waals surface area contributed by atoms with Crippen LogP contribution >= 0.6 is 0 Å². The third-order valence-electron chi connectivity index (χ3n) is 3.67. The molecular weight excluding hydrogens is 244 g/mol. The lowest BCUT2D eigenvalue weighted by Gasteiger charge is -2.36. The number of hydrogen-bond acceptors (Lipinski definition) is 4. The van der Waals surface area contributed by atoms with E-state index >= 15 is 0 Å². The molecule has 1 fully saturated rings. The molecule has 1 aliphatic heterocycles. The predicted octanol–water partition coefficient (Wildman–Crippen LogP) is 2.52. The number of rotatable bonds is 2. The normalized spacial score (nSPS) is 25.9. The van der Waals surface area contributed by atoms with Gasteiger partial charge in [0.1, 0.15) is 17.3 Å². The summed E-state index contributed by atoms with van der Waals surface area (Å²) in [5.74, 6) is -0.160. The van der Waals surface area contributed by atoms with Crippen molar-refractivity contribution in [3.05, 3.63) is 29.8 Å². The van der Waals surface area contributed by atoms with Gasteiger partial charge in [0.15, 0.2) is 5.78 Å². The van der Waals surface area contributed by atoms with Crippen molar-refractivity contribution in [1.29, 1.82) is 0 Å². The maximum atomic E-state index is 12.2. The summed E-state index contributed by atoms with van der Waals surface area (Å²) < 4.78 is 10.5. The molecule has 0 N–H and O–H groups in total. The van der Waals surface area contributed by atoms with Crippen molar-refractivity contribution >= 4 is 11.8 Å². The Balaban J connectivity index is 2.30. The zero-order valence-corrected chi connectivity index (χ0v) is 11.6. The van der Waals surface area contributed by atoms with Gasteiger partial charge in [-0.1, -0.05) is 19.1 Å². The van der Waals surface area contributed by atoms with Crippen LogP contribution in [0, 0.1) is 11.3 Å². The molecule has 1 heterocycles. The first-order valence-corrected chi connectivity index (χ1v) is 6.27. The lowest BCUT2D eigenvalue weighted by atomic mass is 9.76. The van der Waals surface area contributed by atoms with E-state index in [-0.39, 0.29) is 11.7 Å². The van der Waals surface area contributed by atoms with Gasteiger partial charge in [0.2, 0.25) is 0 Å². The van der Waals surface area contributed by atoms with Crippen LogP contribution in [0.15, 0.2) is 24.3 Å². The fourth-order valence-corrected chi connectivity index (χ4v) is 2.32. The van der Waals surface area contributed by atoms with Crippen molar-refractivity contribution < 1.29 is 19.1 Å². The molecule has 1 aliphatic rings. The summed E-state index contributed by atoms with van der Waals surface area (Å²) in [6.07, 6.45) is -0.515. The van der Waals surface area contributed by atoms with Gasteiger partial charge in [0.05, 0.1) is 13.0 Å². The van der Waals surface area contributed by atoms with E-state index in [0.29, 0.717) is 0 Å². The maximum Gasteiger partial charge on any atom is 0.319 e. The molecule has 0 unspecified atom stereocenters. The van der Waals surface area contributed by atoms with Crippen molar-refractivity contribution in [2.45, 2.75) is 26.9 Å². The summed E-state index contributed by atoms with van der Waals surface area (Å²) in [7, 11) is 1.59. The third-order valence-corrected chi connectivity index (χ3v) is 3.67. The highest BCUT2D eigenvalue weighted by Gasteiger charge is 2.49. The molecule has 102 valence electrons. The molecule has 4 heteroatoms. The second-order valence-electron chi connectivity index (χ2n) is 5.38. The molecule has 0 aromatic heterocycles. The number of cyclic esters (lactones) is 1. The minimum atomic E-state index is -1.05. The highest BCUT2D eigenvalue weighted by atomic mass is 16.5. The van der Waals surface area contributed by atoms with Crippen LogP contribution in [-0.2, 0) is 14.3 Å². The van der Waals surface area contributed by atoms with Crippen LogP contribution in [0.3, 0.4) is 0 Å². The van der Waals surface area contributed by atoms with E-state index in [1.807, 2.05) is 12.1 Å². The lowest BCUT2D eigenvalue weighted by Crippen LogP contribution is -2.46. The van der Waals surface area contributed by atoms with Crippen LogP contribution in [0.5, 0.6) is 5.75 Å². The van der Waals surface area contributed by atoms with Gasteiger partial charge in [-0.2, -0.15) is 0 Å². The molecule has 2 rings (SSSR count). The van der Waals surface area contributed by atoms with Gasteiger partial charge in [0.25, 0.3) is 0 Å². The number of methoxy groups -OCH3 is 1. The molecule has 0 bridgehead atoms. The number of ketones is 1. The highest BCUT2D eigenvalue weighted by Crippen LogP contribution is 2.39. The minimum absolute atomic E-state index is 0.0791. The molecule has 1 aromatic carbocycles. The van der Waals surface area contributed by atoms with Crippen LogP contribution in [0.1, 0.15) is 32.4 Å². The van der Waals surface area contributed by atoms with Crippen molar-refractivity contribution in [3.8, 4) is 5.75 Å². The van der Waals surface area contributed by atoms with Crippen molar-refractivity contribution in [2.24, 2.45) is 11.3 Å². The van der Waals surface area contributed by atoms with Crippen molar-refractivity contribution in [2.75, 3.05) is 7.11 Å². The highest BCUT2D eigenvalue weighted by molar-refractivity contribution is 6.06. The molecule has 19 heavy (non-hydrogen) atoms. The van der Waals surface area contributed by atoms with E-state index in [0.717, 1.165) is 11.3 Å². The Hall–Kier alpha value is -1.84. The third kappa shape index (κ3) is 2.23. The molecule has 0 aliphatic carbocycles. The van der Waals surface area contributed by atoms with Crippen LogP contribution in [-0.4, -0.2) is 18.9 Å². The number of Topliss-reactive ketones (excluding diaryl/α,β-unsaturated/α-hetero) is 1. The minimum Gasteiger partial charge on any atom is -0.497 e. The average molecular weight is 262 g/mol. The number of carbonyl (C=O) groups excluding carboxylic acids is 2. The van der Waals surface area contributed by atoms with E-state index in [9.17, 15) is 9.59 Å². The monoisotopic (exact) mass is 262 g/mol. The number of ether oxygens (including phenoxy) is 2. The molecule has 0 spiro atoms. The number of carbonyl (C=O) groups is 2. The molecular formula is C15H18O4. The molecule has 2 atom stereocenters. The average Bonchev–Trinajstić information content (AvgIpc) is 2.41. The van der Waals surface area contributed by atoms with E-state index in [2.05, 4.69) is 0 Å². The molecule has 1 saturated heterocycles. The van der Waals surface area contributed by atoms with E-state index < -0.39 is 17.5 Å². The maximum absolute atomic E-state index is 12.2. The predicted molar refractivity (Wildman–Crippen MR) is 69.8 cm³/mol. The molecule has 1 aromatic rings. The summed E-state index contributed by atoms with van der Waals surface area (Å²) >= 11 is 0. The first-order chi connectivity index (χ1) is 8.87. The van der Waals surface area contributed by atoms with Crippen LogP contribution in [0.2, 0.25) is 0 Å². The van der Waals surface area contributed by atoms with Gasteiger partial charge < -0.3 is 9.47 Å². The van der Waals surface area contributed by atoms with Crippen molar-refractivity contribution in [3.63, 3.8) is 0 Å². The van der Waals surface area contributed by atoms with Gasteiger partial charge >= 0.3 is 5.97 Å². The van der Waals surface area contributed by atoms with Gasteiger partial charge in [0, 0.05) is 0 Å². The number of hydrogen-bond donors (Lipinski definition) is 0. The number of esters is 1. The summed E-state index contributed by atoms with van der Waals surface area (Å²) in [6.45, 7) is 5.02. The molecule has 0 radical (unpaired) electrons. The Morgan fingerprint density at radius 2 is 1.74 bits per heavy atom. The zero-order chi connectivity index (χ0) is 14.2. The number of benzene rings is 1. The standard InChI is InChI=1S/C15H18O4/c1-9-12(10-5-7-11(18-4)8-6-10)19-14(17)15(2,3)13(9)16/h5-9,12H,1-4H3/t9-,12+/m0/s1. The Bertz CT molecular complexity index is 501. The topological polar surface area (TPSA) is 52.6 Å². The molecule has 0 saturated carbocycles. The Labute approximate surface area is 112 Å². The molecule has 4 nitrogen and oxygen atoms in total. The Kier molecular flexibility index (Phi) is 3.35. The lowest BCUT2D eigenvalue weighted by molar-refractivity contribution is -0.178. The first kappa shape index (κ1) is 13.6. The van der Waals surface area contributed by atoms with Crippen LogP contribution < -0.4 is 4.74 Å². The second kappa shape index (κ2) is 4.68. The van der Waals surface area contributed by atoms with Crippen molar-refractivity contribution in [1.82, 2.24) is 0 Å². The molecule has 0 amide bonds. The SMILES string of the molecule is COc1ccc([C@@H]2OC(=O)C(C)(C)C(=O)[C@H]2C)cc1. The Morgan fingerprint density at radius 1 is 1.16 bits per heavy atom. The van der Waals surface area contributed by atoms with Gasteiger partial charge in [-0.15, -0.1) is 0 Å². The Morgan fingerprint density at radius 3 is 2.26 bits per heavy atom. The summed E-state index contributed by atoms with van der Waals surface area (Å²) in [4.78, 5) is 24.1. The fourth-order valence-electron chi connectivity index (χ4n) is 2.32. The van der Waals surface area contributed by atoms with Gasteiger partial charge in [-0.3, -0.25) is 9.59 Å². The summed E-state index contributed by atoms with van der Waals surface area (Å²) in [5.41, 5.74) is -0.243. The largest absolute Gasteiger partial charge is 0.497 e. The van der Waals surface area contributed by atoms with E-state index in [1.54, 1.807) is 40.0 Å². The van der Waals surface area contributed by atoms with Gasteiger partial charge in [-0.25, -0.2) is 0 Å². The van der Waals surface area contributed by atoms with Gasteiger partial charge in [-0.05, 0) is 31.5 Å². The van der Waals surface area contributed by atoms with E-state index in [1.165, 1.54) is 0 Å². The second-order valence-corrected chi connectivity index (χ2v) is 5.38. The van der Waals surface area contributed by atoms with Crippen LogP contribution in [0.4, 0.5) is 0 Å².